The molecular weight excluding hydrogens is 245 g/mol. The van der Waals surface area contributed by atoms with Crippen molar-refractivity contribution in [3.8, 4) is 5.75 Å². The first-order valence-corrected chi connectivity index (χ1v) is 5.54. The highest BCUT2D eigenvalue weighted by atomic mass is 19.4. The highest BCUT2D eigenvalue weighted by Crippen LogP contribution is 2.33. The van der Waals surface area contributed by atoms with E-state index >= 15 is 0 Å². The summed E-state index contributed by atoms with van der Waals surface area (Å²) in [5.41, 5.74) is 3.89. The summed E-state index contributed by atoms with van der Waals surface area (Å²) in [6.07, 6.45) is -2.78. The van der Waals surface area contributed by atoms with E-state index < -0.39 is 17.6 Å². The fraction of sp³-hybridized carbons (Fsp3) is 0.417. The third-order valence-electron chi connectivity index (χ3n) is 2.35. The Balaban J connectivity index is 3.01. The van der Waals surface area contributed by atoms with E-state index in [0.717, 1.165) is 25.0 Å². The van der Waals surface area contributed by atoms with Crippen LogP contribution in [0.4, 0.5) is 13.2 Å². The van der Waals surface area contributed by atoms with Gasteiger partial charge in [0.05, 0.1) is 12.2 Å². The second-order valence-corrected chi connectivity index (χ2v) is 3.82. The van der Waals surface area contributed by atoms with Gasteiger partial charge in [0.15, 0.2) is 0 Å². The lowest BCUT2D eigenvalue weighted by atomic mass is 10.1. The predicted octanol–water partition coefficient (Wildman–Crippen LogP) is 3.17. The molecule has 0 radical (unpaired) electrons. The average Bonchev–Trinajstić information content (AvgIpc) is 2.27. The normalized spacial score (nSPS) is 11.3. The quantitative estimate of drug-likeness (QED) is 0.485. The first kappa shape index (κ1) is 14.3. The fourth-order valence-corrected chi connectivity index (χ4v) is 1.42. The van der Waals surface area contributed by atoms with Gasteiger partial charge >= 0.3 is 6.18 Å². The van der Waals surface area contributed by atoms with Crippen LogP contribution >= 0.6 is 0 Å². The molecule has 0 aromatic heterocycles. The smallest absolute Gasteiger partial charge is 0.417 e. The maximum absolute atomic E-state index is 12.7. The summed E-state index contributed by atoms with van der Waals surface area (Å²) in [5, 5.41) is 7.19. The van der Waals surface area contributed by atoms with Crippen LogP contribution in [0.3, 0.4) is 0 Å². The first-order chi connectivity index (χ1) is 8.36. The molecule has 0 saturated heterocycles. The van der Waals surface area contributed by atoms with Crippen molar-refractivity contribution in [2.75, 3.05) is 6.61 Å². The van der Waals surface area contributed by atoms with Crippen LogP contribution in [0.2, 0.25) is 0 Å². The number of nitrogens with two attached hydrogens (primary N) is 1. The number of unbranched alkanes of at least 4 members (excludes halogenated alkanes) is 1. The Morgan fingerprint density at radius 3 is 2.56 bits per heavy atom. The van der Waals surface area contributed by atoms with Gasteiger partial charge in [-0.05, 0) is 24.6 Å². The van der Waals surface area contributed by atoms with Crippen molar-refractivity contribution in [1.29, 1.82) is 5.41 Å². The molecule has 0 aliphatic carbocycles. The largest absolute Gasteiger partial charge is 0.494 e. The van der Waals surface area contributed by atoms with Crippen molar-refractivity contribution in [2.24, 2.45) is 5.73 Å². The standard InChI is InChI=1S/C12H15F3N2O/c1-2-3-6-18-8-4-5-10(12(13,14)15)9(7-8)11(16)17/h4-5,7H,2-3,6H2,1H3,(H3,16,17). The fourth-order valence-electron chi connectivity index (χ4n) is 1.42. The molecule has 0 bridgehead atoms. The van der Waals surface area contributed by atoms with Gasteiger partial charge in [-0.2, -0.15) is 13.2 Å². The van der Waals surface area contributed by atoms with E-state index in [4.69, 9.17) is 15.9 Å². The lowest BCUT2D eigenvalue weighted by molar-refractivity contribution is -0.137. The number of halogens is 3. The average molecular weight is 260 g/mol. The zero-order valence-corrected chi connectivity index (χ0v) is 9.97. The number of nitrogens with one attached hydrogen (secondary N) is 1. The minimum Gasteiger partial charge on any atom is -0.494 e. The molecule has 0 unspecified atom stereocenters. The molecule has 0 spiro atoms. The predicted molar refractivity (Wildman–Crippen MR) is 62.9 cm³/mol. The minimum absolute atomic E-state index is 0.293. The summed E-state index contributed by atoms with van der Waals surface area (Å²) in [6.45, 7) is 2.41. The molecule has 0 aliphatic rings. The molecule has 0 aliphatic heterocycles. The zero-order valence-electron chi connectivity index (χ0n) is 9.97. The van der Waals surface area contributed by atoms with E-state index in [0.29, 0.717) is 12.4 Å². The lowest BCUT2D eigenvalue weighted by Gasteiger charge is -2.13. The van der Waals surface area contributed by atoms with Gasteiger partial charge in [0.25, 0.3) is 0 Å². The summed E-state index contributed by atoms with van der Waals surface area (Å²) in [5.74, 6) is -0.329. The van der Waals surface area contributed by atoms with E-state index in [9.17, 15) is 13.2 Å². The Labute approximate surface area is 103 Å². The summed E-state index contributed by atoms with van der Waals surface area (Å²) >= 11 is 0. The number of ether oxygens (including phenoxy) is 1. The summed E-state index contributed by atoms with van der Waals surface area (Å²) in [4.78, 5) is 0. The molecule has 0 saturated carbocycles. The number of rotatable bonds is 5. The zero-order chi connectivity index (χ0) is 13.8. The van der Waals surface area contributed by atoms with Gasteiger partial charge in [0.2, 0.25) is 0 Å². The summed E-state index contributed by atoms with van der Waals surface area (Å²) < 4.78 is 43.2. The number of hydrogen-bond donors (Lipinski definition) is 2. The molecule has 0 amide bonds. The molecule has 3 nitrogen and oxygen atoms in total. The molecule has 1 aromatic carbocycles. The molecular formula is C12H15F3N2O. The Kier molecular flexibility index (Phi) is 4.58. The summed E-state index contributed by atoms with van der Waals surface area (Å²) in [7, 11) is 0. The summed E-state index contributed by atoms with van der Waals surface area (Å²) in [6, 6.07) is 3.28. The number of alkyl halides is 3. The number of benzene rings is 1. The van der Waals surface area contributed by atoms with Gasteiger partial charge in [-0.15, -0.1) is 0 Å². The van der Waals surface area contributed by atoms with Gasteiger partial charge in [-0.1, -0.05) is 13.3 Å². The van der Waals surface area contributed by atoms with Gasteiger partial charge in [0, 0.05) is 5.56 Å². The molecule has 3 N–H and O–H groups in total. The van der Waals surface area contributed by atoms with Crippen LogP contribution < -0.4 is 10.5 Å². The van der Waals surface area contributed by atoms with Gasteiger partial charge < -0.3 is 10.5 Å². The second-order valence-electron chi connectivity index (χ2n) is 3.82. The third kappa shape index (κ3) is 3.65. The molecule has 18 heavy (non-hydrogen) atoms. The Morgan fingerprint density at radius 2 is 2.06 bits per heavy atom. The van der Waals surface area contributed by atoms with Crippen LogP contribution in [-0.4, -0.2) is 12.4 Å². The van der Waals surface area contributed by atoms with Crippen molar-refractivity contribution in [1.82, 2.24) is 0 Å². The van der Waals surface area contributed by atoms with Crippen molar-refractivity contribution in [3.63, 3.8) is 0 Å². The van der Waals surface area contributed by atoms with Crippen molar-refractivity contribution in [3.05, 3.63) is 29.3 Å². The number of hydrogen-bond acceptors (Lipinski definition) is 2. The van der Waals surface area contributed by atoms with E-state index in [1.165, 1.54) is 6.07 Å². The van der Waals surface area contributed by atoms with E-state index in [1.54, 1.807) is 0 Å². The van der Waals surface area contributed by atoms with Crippen LogP contribution in [0.1, 0.15) is 30.9 Å². The topological polar surface area (TPSA) is 59.1 Å². The molecule has 0 heterocycles. The molecule has 100 valence electrons. The Morgan fingerprint density at radius 1 is 1.39 bits per heavy atom. The van der Waals surface area contributed by atoms with Crippen LogP contribution in [-0.2, 0) is 6.18 Å². The van der Waals surface area contributed by atoms with Crippen LogP contribution in [0.25, 0.3) is 0 Å². The number of nitrogen functional groups attached to an aromatic ring is 1. The van der Waals surface area contributed by atoms with Gasteiger partial charge in [-0.3, -0.25) is 5.41 Å². The molecule has 1 aromatic rings. The van der Waals surface area contributed by atoms with Gasteiger partial charge in [-0.25, -0.2) is 0 Å². The van der Waals surface area contributed by atoms with Crippen molar-refractivity contribution >= 4 is 5.84 Å². The maximum atomic E-state index is 12.7. The third-order valence-corrected chi connectivity index (χ3v) is 2.35. The highest BCUT2D eigenvalue weighted by molar-refractivity contribution is 5.97. The maximum Gasteiger partial charge on any atom is 0.417 e. The van der Waals surface area contributed by atoms with Gasteiger partial charge in [0.1, 0.15) is 11.6 Å². The number of amidine groups is 1. The molecule has 0 fully saturated rings. The Bertz CT molecular complexity index is 430. The van der Waals surface area contributed by atoms with E-state index in [1.807, 2.05) is 6.92 Å². The lowest BCUT2D eigenvalue weighted by Crippen LogP contribution is -2.19. The van der Waals surface area contributed by atoms with Crippen molar-refractivity contribution < 1.29 is 17.9 Å². The molecule has 0 atom stereocenters. The van der Waals surface area contributed by atoms with Crippen LogP contribution in [0.5, 0.6) is 5.75 Å². The van der Waals surface area contributed by atoms with Crippen LogP contribution in [0.15, 0.2) is 18.2 Å². The second kappa shape index (κ2) is 5.75. The van der Waals surface area contributed by atoms with Crippen LogP contribution in [0, 0.1) is 5.41 Å². The minimum atomic E-state index is -4.52. The highest BCUT2D eigenvalue weighted by Gasteiger charge is 2.34. The monoisotopic (exact) mass is 260 g/mol. The first-order valence-electron chi connectivity index (χ1n) is 5.54. The van der Waals surface area contributed by atoms with E-state index in [2.05, 4.69) is 0 Å². The van der Waals surface area contributed by atoms with E-state index in [-0.39, 0.29) is 5.56 Å². The molecule has 1 rings (SSSR count). The SMILES string of the molecule is CCCCOc1ccc(C(F)(F)F)c(C(=N)N)c1. The Hall–Kier alpha value is -1.72. The molecule has 6 heteroatoms. The van der Waals surface area contributed by atoms with Crippen molar-refractivity contribution in [2.45, 2.75) is 25.9 Å².